The molecule has 0 fully saturated rings. The highest BCUT2D eigenvalue weighted by atomic mass is 32.2. The Bertz CT molecular complexity index is 1070. The minimum absolute atomic E-state index is 0.319. The number of hydrogen-bond acceptors (Lipinski definition) is 4. The fraction of sp³-hybridized carbons (Fsp3) is 0.0909. The third-order valence-corrected chi connectivity index (χ3v) is 5.30. The second-order valence-electron chi connectivity index (χ2n) is 6.03. The number of carbonyl (C=O) groups is 1. The second-order valence-corrected chi connectivity index (χ2v) is 6.97. The standard InChI is InChI=1S/C22H18N2O2S/c1-26-21(25)17-13-11-16(12-14-17)15-27-22-23-19-9-5-6-10-20(19)24(22)18-7-3-2-4-8-18/h2-14H,15H2,1H3. The van der Waals surface area contributed by atoms with E-state index in [4.69, 9.17) is 9.72 Å². The molecule has 0 amide bonds. The average molecular weight is 374 g/mol. The molecule has 4 aromatic rings. The fourth-order valence-corrected chi connectivity index (χ4v) is 3.91. The molecule has 0 N–H and O–H groups in total. The molecule has 0 saturated heterocycles. The van der Waals surface area contributed by atoms with Gasteiger partial charge < -0.3 is 4.74 Å². The summed E-state index contributed by atoms with van der Waals surface area (Å²) in [5.41, 5.74) is 4.84. The lowest BCUT2D eigenvalue weighted by atomic mass is 10.1. The average Bonchev–Trinajstić information content (AvgIpc) is 3.11. The van der Waals surface area contributed by atoms with Crippen molar-refractivity contribution in [1.29, 1.82) is 0 Å². The summed E-state index contributed by atoms with van der Waals surface area (Å²) in [5.74, 6) is 0.442. The minimum atomic E-state index is -0.319. The molecule has 5 heteroatoms. The van der Waals surface area contributed by atoms with E-state index in [9.17, 15) is 4.79 Å². The van der Waals surface area contributed by atoms with E-state index in [1.807, 2.05) is 48.5 Å². The maximum atomic E-state index is 11.6. The van der Waals surface area contributed by atoms with Gasteiger partial charge in [-0.05, 0) is 42.0 Å². The van der Waals surface area contributed by atoms with Crippen LogP contribution in [0.2, 0.25) is 0 Å². The number of hydrogen-bond donors (Lipinski definition) is 0. The summed E-state index contributed by atoms with van der Waals surface area (Å²) in [6.07, 6.45) is 0. The number of rotatable bonds is 5. The summed E-state index contributed by atoms with van der Waals surface area (Å²) in [7, 11) is 1.39. The summed E-state index contributed by atoms with van der Waals surface area (Å²) in [6, 6.07) is 25.9. The maximum absolute atomic E-state index is 11.6. The Kier molecular flexibility index (Phi) is 4.94. The van der Waals surface area contributed by atoms with Crippen molar-refractivity contribution in [1.82, 2.24) is 9.55 Å². The van der Waals surface area contributed by atoms with Crippen LogP contribution in [0.1, 0.15) is 15.9 Å². The van der Waals surface area contributed by atoms with Gasteiger partial charge in [0.25, 0.3) is 0 Å². The van der Waals surface area contributed by atoms with Crippen molar-refractivity contribution >= 4 is 28.8 Å². The first-order valence-electron chi connectivity index (χ1n) is 8.59. The highest BCUT2D eigenvalue weighted by Crippen LogP contribution is 2.30. The molecule has 4 rings (SSSR count). The van der Waals surface area contributed by atoms with E-state index in [0.717, 1.165) is 33.2 Å². The molecular weight excluding hydrogens is 356 g/mol. The molecule has 4 nitrogen and oxygen atoms in total. The number of esters is 1. The maximum Gasteiger partial charge on any atom is 0.337 e. The Morgan fingerprint density at radius 3 is 2.41 bits per heavy atom. The SMILES string of the molecule is COC(=O)c1ccc(CSc2nc3ccccc3n2-c2ccccc2)cc1. The van der Waals surface area contributed by atoms with Crippen LogP contribution in [0, 0.1) is 0 Å². The van der Waals surface area contributed by atoms with Crippen molar-refractivity contribution in [3.05, 3.63) is 90.0 Å². The first kappa shape index (κ1) is 17.4. The number of benzene rings is 3. The highest BCUT2D eigenvalue weighted by Gasteiger charge is 2.13. The van der Waals surface area contributed by atoms with Crippen molar-refractivity contribution in [2.75, 3.05) is 7.11 Å². The summed E-state index contributed by atoms with van der Waals surface area (Å²) in [5, 5.41) is 0.944. The first-order valence-corrected chi connectivity index (χ1v) is 9.58. The van der Waals surface area contributed by atoms with Gasteiger partial charge in [0, 0.05) is 11.4 Å². The van der Waals surface area contributed by atoms with Crippen LogP contribution in [0.5, 0.6) is 0 Å². The summed E-state index contributed by atoms with van der Waals surface area (Å²) in [4.78, 5) is 16.4. The number of ether oxygens (including phenoxy) is 1. The number of imidazole rings is 1. The van der Waals surface area contributed by atoms with Gasteiger partial charge in [-0.15, -0.1) is 0 Å². The normalized spacial score (nSPS) is 10.9. The number of aromatic nitrogens is 2. The molecule has 134 valence electrons. The van der Waals surface area contributed by atoms with Crippen LogP contribution in [0.4, 0.5) is 0 Å². The third kappa shape index (κ3) is 3.59. The van der Waals surface area contributed by atoms with Gasteiger partial charge in [-0.1, -0.05) is 54.2 Å². The van der Waals surface area contributed by atoms with E-state index >= 15 is 0 Å². The van der Waals surface area contributed by atoms with Crippen molar-refractivity contribution in [2.45, 2.75) is 10.9 Å². The number of para-hydroxylation sites is 3. The van der Waals surface area contributed by atoms with Gasteiger partial charge in [-0.2, -0.15) is 0 Å². The lowest BCUT2D eigenvalue weighted by molar-refractivity contribution is 0.0600. The van der Waals surface area contributed by atoms with Crippen LogP contribution in [-0.4, -0.2) is 22.6 Å². The number of fused-ring (bicyclic) bond motifs is 1. The molecule has 0 bridgehead atoms. The third-order valence-electron chi connectivity index (χ3n) is 4.29. The Hall–Kier alpha value is -3.05. The molecule has 0 aliphatic rings. The summed E-state index contributed by atoms with van der Waals surface area (Å²) < 4.78 is 6.93. The fourth-order valence-electron chi connectivity index (χ4n) is 2.93. The predicted octanol–water partition coefficient (Wildman–Crippen LogP) is 5.10. The van der Waals surface area contributed by atoms with Gasteiger partial charge in [-0.25, -0.2) is 9.78 Å². The molecule has 0 radical (unpaired) electrons. The second kappa shape index (κ2) is 7.68. The quantitative estimate of drug-likeness (QED) is 0.360. The van der Waals surface area contributed by atoms with Crippen LogP contribution in [0.15, 0.2) is 84.0 Å². The van der Waals surface area contributed by atoms with Crippen LogP contribution in [-0.2, 0) is 10.5 Å². The summed E-state index contributed by atoms with van der Waals surface area (Å²) >= 11 is 1.68. The van der Waals surface area contributed by atoms with Crippen molar-refractivity contribution in [2.24, 2.45) is 0 Å². The van der Waals surface area contributed by atoms with E-state index in [1.165, 1.54) is 7.11 Å². The molecule has 1 aromatic heterocycles. The summed E-state index contributed by atoms with van der Waals surface area (Å²) in [6.45, 7) is 0. The van der Waals surface area contributed by atoms with Crippen LogP contribution in [0.25, 0.3) is 16.7 Å². The molecular formula is C22H18N2O2S. The van der Waals surface area contributed by atoms with Gasteiger partial charge >= 0.3 is 5.97 Å². The van der Waals surface area contributed by atoms with E-state index in [1.54, 1.807) is 23.9 Å². The van der Waals surface area contributed by atoms with Crippen LogP contribution in [0.3, 0.4) is 0 Å². The molecule has 0 aliphatic heterocycles. The largest absolute Gasteiger partial charge is 0.465 e. The Balaban J connectivity index is 1.63. The zero-order chi connectivity index (χ0) is 18.6. The number of carbonyl (C=O) groups excluding carboxylic acids is 1. The monoisotopic (exact) mass is 374 g/mol. The van der Waals surface area contributed by atoms with E-state index in [-0.39, 0.29) is 5.97 Å². The molecule has 0 aliphatic carbocycles. The van der Waals surface area contributed by atoms with Gasteiger partial charge in [0.2, 0.25) is 0 Å². The van der Waals surface area contributed by atoms with E-state index in [2.05, 4.69) is 22.8 Å². The predicted molar refractivity (Wildman–Crippen MR) is 108 cm³/mol. The van der Waals surface area contributed by atoms with Gasteiger partial charge in [0.05, 0.1) is 23.7 Å². The number of methoxy groups -OCH3 is 1. The zero-order valence-corrected chi connectivity index (χ0v) is 15.6. The van der Waals surface area contributed by atoms with Crippen LogP contribution >= 0.6 is 11.8 Å². The smallest absolute Gasteiger partial charge is 0.337 e. The number of thioether (sulfide) groups is 1. The van der Waals surface area contributed by atoms with Crippen molar-refractivity contribution < 1.29 is 9.53 Å². The van der Waals surface area contributed by atoms with Gasteiger partial charge in [0.15, 0.2) is 5.16 Å². The number of nitrogens with zero attached hydrogens (tertiary/aromatic N) is 2. The Morgan fingerprint density at radius 2 is 1.67 bits per heavy atom. The highest BCUT2D eigenvalue weighted by molar-refractivity contribution is 7.98. The molecule has 0 saturated carbocycles. The minimum Gasteiger partial charge on any atom is -0.465 e. The zero-order valence-electron chi connectivity index (χ0n) is 14.8. The molecule has 0 atom stereocenters. The molecule has 0 unspecified atom stereocenters. The van der Waals surface area contributed by atoms with Gasteiger partial charge in [-0.3, -0.25) is 4.57 Å². The Labute approximate surface area is 161 Å². The Morgan fingerprint density at radius 1 is 0.963 bits per heavy atom. The lowest BCUT2D eigenvalue weighted by Gasteiger charge is -2.09. The molecule has 1 heterocycles. The molecule has 3 aromatic carbocycles. The topological polar surface area (TPSA) is 44.1 Å². The lowest BCUT2D eigenvalue weighted by Crippen LogP contribution is -2.00. The van der Waals surface area contributed by atoms with Gasteiger partial charge in [0.1, 0.15) is 0 Å². The van der Waals surface area contributed by atoms with Crippen molar-refractivity contribution in [3.8, 4) is 5.69 Å². The van der Waals surface area contributed by atoms with Crippen molar-refractivity contribution in [3.63, 3.8) is 0 Å². The van der Waals surface area contributed by atoms with E-state index in [0.29, 0.717) is 5.56 Å². The van der Waals surface area contributed by atoms with E-state index < -0.39 is 0 Å². The molecule has 0 spiro atoms. The van der Waals surface area contributed by atoms with Crippen LogP contribution < -0.4 is 0 Å². The first-order chi connectivity index (χ1) is 13.3. The molecule has 27 heavy (non-hydrogen) atoms.